The van der Waals surface area contributed by atoms with Gasteiger partial charge in [-0.05, 0) is 11.5 Å². The Hall–Kier alpha value is -1.07. The van der Waals surface area contributed by atoms with Crippen molar-refractivity contribution in [1.29, 1.82) is 0 Å². The van der Waals surface area contributed by atoms with Crippen LogP contribution in [0, 0.1) is 0 Å². The first-order chi connectivity index (χ1) is 7.39. The van der Waals surface area contributed by atoms with Crippen LogP contribution in [0.2, 0.25) is 5.82 Å². The minimum Gasteiger partial charge on any atom is -0.449 e. The van der Waals surface area contributed by atoms with Gasteiger partial charge in [-0.3, -0.25) is 0 Å². The molecule has 16 heavy (non-hydrogen) atoms. The van der Waals surface area contributed by atoms with Crippen LogP contribution in [-0.4, -0.2) is 6.98 Å². The van der Waals surface area contributed by atoms with E-state index in [2.05, 4.69) is 0 Å². The van der Waals surface area contributed by atoms with Crippen molar-refractivity contribution in [3.63, 3.8) is 0 Å². The van der Waals surface area contributed by atoms with E-state index in [1.165, 1.54) is 24.3 Å². The summed E-state index contributed by atoms with van der Waals surface area (Å²) in [5.74, 6) is -1.76. The van der Waals surface area contributed by atoms with E-state index in [0.29, 0.717) is 5.56 Å². The molecule has 1 aliphatic carbocycles. The summed E-state index contributed by atoms with van der Waals surface area (Å²) >= 11 is 0. The number of alkyl halides is 2. The molecule has 1 aromatic rings. The Morgan fingerprint density at radius 3 is 2.00 bits per heavy atom. The fraction of sp³-hybridized carbons (Fsp3) is 0.400. The summed E-state index contributed by atoms with van der Waals surface area (Å²) in [7, 11) is 0. The van der Waals surface area contributed by atoms with Crippen LogP contribution in [0.4, 0.5) is 21.7 Å². The number of rotatable bonds is 3. The molecule has 0 spiro atoms. The standard InChI is InChI=1S/C10H9BF5/c12-10(13)7-3-1-6(2-4-7)8-5-9(8)11(14,15)16/h1-4,8-10H,5H2/q-1/t8-,9+/m1/s1. The average Bonchev–Trinajstić information content (AvgIpc) is 2.96. The van der Waals surface area contributed by atoms with Crippen molar-refractivity contribution in [3.05, 3.63) is 35.4 Å². The largest absolute Gasteiger partial charge is 0.481 e. The van der Waals surface area contributed by atoms with E-state index >= 15 is 0 Å². The van der Waals surface area contributed by atoms with Crippen molar-refractivity contribution < 1.29 is 21.7 Å². The highest BCUT2D eigenvalue weighted by Gasteiger charge is 2.51. The van der Waals surface area contributed by atoms with Crippen LogP contribution in [0.3, 0.4) is 0 Å². The lowest BCUT2D eigenvalue weighted by Crippen LogP contribution is -2.15. The van der Waals surface area contributed by atoms with Gasteiger partial charge in [-0.15, -0.1) is 0 Å². The molecular formula is C10H9BF5-. The molecule has 0 saturated heterocycles. The third-order valence-corrected chi connectivity index (χ3v) is 2.94. The number of hydrogen-bond acceptors (Lipinski definition) is 0. The first kappa shape index (κ1) is 11.4. The maximum atomic E-state index is 12.3. The van der Waals surface area contributed by atoms with Gasteiger partial charge in [-0.1, -0.05) is 36.5 Å². The Labute approximate surface area is 89.5 Å². The van der Waals surface area contributed by atoms with E-state index in [4.69, 9.17) is 0 Å². The minimum atomic E-state index is -4.79. The lowest BCUT2D eigenvalue weighted by molar-refractivity contribution is 0.151. The minimum absolute atomic E-state index is 0.0948. The molecule has 0 amide bonds. The Bertz CT molecular complexity index is 370. The van der Waals surface area contributed by atoms with E-state index in [1.54, 1.807) is 0 Å². The SMILES string of the molecule is FC(F)c1ccc([C@H]2C[C@@H]2[B-](F)(F)F)cc1. The van der Waals surface area contributed by atoms with Gasteiger partial charge >= 0.3 is 6.98 Å². The maximum Gasteiger partial charge on any atom is 0.481 e. The molecule has 88 valence electrons. The molecule has 1 saturated carbocycles. The van der Waals surface area contributed by atoms with Crippen LogP contribution in [-0.2, 0) is 0 Å². The van der Waals surface area contributed by atoms with Crippen molar-refractivity contribution in [3.8, 4) is 0 Å². The first-order valence-corrected chi connectivity index (χ1v) is 4.97. The number of benzene rings is 1. The second-order valence-electron chi connectivity index (χ2n) is 4.10. The topological polar surface area (TPSA) is 0 Å². The molecule has 0 N–H and O–H groups in total. The molecule has 0 heterocycles. The Morgan fingerprint density at radius 2 is 1.62 bits per heavy atom. The summed E-state index contributed by atoms with van der Waals surface area (Å²) < 4.78 is 61.4. The van der Waals surface area contributed by atoms with Crippen LogP contribution in [0.15, 0.2) is 24.3 Å². The van der Waals surface area contributed by atoms with Gasteiger partial charge in [0.2, 0.25) is 0 Å². The summed E-state index contributed by atoms with van der Waals surface area (Å²) in [6.07, 6.45) is -2.48. The van der Waals surface area contributed by atoms with Gasteiger partial charge in [0.25, 0.3) is 6.43 Å². The van der Waals surface area contributed by atoms with Crippen molar-refractivity contribution >= 4 is 6.98 Å². The van der Waals surface area contributed by atoms with E-state index < -0.39 is 25.1 Å². The molecule has 0 aliphatic heterocycles. The number of halogens is 5. The molecule has 0 radical (unpaired) electrons. The summed E-state index contributed by atoms with van der Waals surface area (Å²) in [5.41, 5.74) is 0.354. The summed E-state index contributed by atoms with van der Waals surface area (Å²) in [6, 6.07) is 5.12. The van der Waals surface area contributed by atoms with Gasteiger partial charge in [0.15, 0.2) is 0 Å². The fourth-order valence-corrected chi connectivity index (χ4v) is 1.90. The van der Waals surface area contributed by atoms with Crippen LogP contribution in [0.1, 0.15) is 29.9 Å². The van der Waals surface area contributed by atoms with Gasteiger partial charge in [-0.2, -0.15) is 0 Å². The van der Waals surface area contributed by atoms with Crippen LogP contribution in [0.5, 0.6) is 0 Å². The van der Waals surface area contributed by atoms with Crippen LogP contribution >= 0.6 is 0 Å². The molecule has 1 fully saturated rings. The lowest BCUT2D eigenvalue weighted by Gasteiger charge is -2.12. The molecule has 0 unspecified atom stereocenters. The van der Waals surface area contributed by atoms with Crippen LogP contribution in [0.25, 0.3) is 0 Å². The smallest absolute Gasteiger partial charge is 0.449 e. The molecular weight excluding hydrogens is 226 g/mol. The Balaban J connectivity index is 2.08. The maximum absolute atomic E-state index is 12.3. The Kier molecular flexibility index (Phi) is 2.68. The van der Waals surface area contributed by atoms with Crippen molar-refractivity contribution in [1.82, 2.24) is 0 Å². The molecule has 1 aromatic carbocycles. The van der Waals surface area contributed by atoms with E-state index in [-0.39, 0.29) is 12.0 Å². The summed E-state index contributed by atoms with van der Waals surface area (Å²) in [4.78, 5) is 0. The van der Waals surface area contributed by atoms with Gasteiger partial charge in [0, 0.05) is 5.56 Å². The van der Waals surface area contributed by atoms with Crippen LogP contribution < -0.4 is 0 Å². The predicted molar refractivity (Wildman–Crippen MR) is 51.6 cm³/mol. The fourth-order valence-electron chi connectivity index (χ4n) is 1.90. The second-order valence-corrected chi connectivity index (χ2v) is 4.10. The van der Waals surface area contributed by atoms with Crippen molar-refractivity contribution in [2.75, 3.05) is 0 Å². The molecule has 2 rings (SSSR count). The molecule has 0 bridgehead atoms. The second kappa shape index (κ2) is 3.75. The van der Waals surface area contributed by atoms with E-state index in [0.717, 1.165) is 0 Å². The van der Waals surface area contributed by atoms with Gasteiger partial charge < -0.3 is 12.9 Å². The molecule has 0 nitrogen and oxygen atoms in total. The molecule has 0 aromatic heterocycles. The summed E-state index contributed by atoms with van der Waals surface area (Å²) in [6.45, 7) is -4.79. The first-order valence-electron chi connectivity index (χ1n) is 4.97. The highest BCUT2D eigenvalue weighted by Crippen LogP contribution is 2.59. The quantitative estimate of drug-likeness (QED) is 0.540. The zero-order chi connectivity index (χ0) is 11.9. The number of hydrogen-bond donors (Lipinski definition) is 0. The monoisotopic (exact) mass is 235 g/mol. The van der Waals surface area contributed by atoms with E-state index in [9.17, 15) is 21.7 Å². The highest BCUT2D eigenvalue weighted by atomic mass is 19.4. The van der Waals surface area contributed by atoms with Gasteiger partial charge in [0.1, 0.15) is 0 Å². The third kappa shape index (κ3) is 2.20. The molecule has 2 atom stereocenters. The zero-order valence-electron chi connectivity index (χ0n) is 8.22. The average molecular weight is 235 g/mol. The highest BCUT2D eigenvalue weighted by molar-refractivity contribution is 6.61. The van der Waals surface area contributed by atoms with Crippen molar-refractivity contribution in [2.45, 2.75) is 24.6 Å². The van der Waals surface area contributed by atoms with Crippen molar-refractivity contribution in [2.24, 2.45) is 0 Å². The van der Waals surface area contributed by atoms with E-state index in [1.807, 2.05) is 0 Å². The molecule has 1 aliphatic rings. The zero-order valence-corrected chi connectivity index (χ0v) is 8.22. The Morgan fingerprint density at radius 1 is 1.06 bits per heavy atom. The third-order valence-electron chi connectivity index (χ3n) is 2.94. The van der Waals surface area contributed by atoms with Gasteiger partial charge in [0.05, 0.1) is 0 Å². The summed E-state index contributed by atoms with van der Waals surface area (Å²) in [5, 5.41) is 0. The normalized spacial score (nSPS) is 24.9. The lowest BCUT2D eigenvalue weighted by atomic mass is 9.81. The molecule has 6 heteroatoms. The van der Waals surface area contributed by atoms with Gasteiger partial charge in [-0.25, -0.2) is 8.78 Å². The predicted octanol–water partition coefficient (Wildman–Crippen LogP) is 4.33.